The van der Waals surface area contributed by atoms with E-state index in [1.54, 1.807) is 42.9 Å². The molecule has 30 heavy (non-hydrogen) atoms. The molecule has 3 rings (SSSR count). The number of aliphatic hydroxyl groups excluding tert-OH is 1. The molecule has 0 aliphatic rings. The molecule has 2 aromatic carbocycles. The topological polar surface area (TPSA) is 75.4 Å². The van der Waals surface area contributed by atoms with E-state index in [-0.39, 0.29) is 17.5 Å². The van der Waals surface area contributed by atoms with Crippen molar-refractivity contribution in [3.8, 4) is 0 Å². The summed E-state index contributed by atoms with van der Waals surface area (Å²) in [7, 11) is -3.92. The van der Waals surface area contributed by atoms with Crippen LogP contribution in [0.2, 0.25) is 10.0 Å². The lowest BCUT2D eigenvalue weighted by Crippen LogP contribution is -2.39. The summed E-state index contributed by atoms with van der Waals surface area (Å²) >= 11 is 12.1. The summed E-state index contributed by atoms with van der Waals surface area (Å²) in [6.45, 7) is 2.27. The molecule has 0 spiro atoms. The van der Waals surface area contributed by atoms with Gasteiger partial charge in [-0.2, -0.15) is 0 Å². The van der Waals surface area contributed by atoms with Gasteiger partial charge >= 0.3 is 0 Å². The van der Waals surface area contributed by atoms with Crippen molar-refractivity contribution in [3.63, 3.8) is 0 Å². The molecule has 0 bridgehead atoms. The van der Waals surface area contributed by atoms with Crippen molar-refractivity contribution in [1.82, 2.24) is 9.55 Å². The van der Waals surface area contributed by atoms with Crippen molar-refractivity contribution < 1.29 is 13.5 Å². The van der Waals surface area contributed by atoms with Crippen LogP contribution in [-0.4, -0.2) is 29.1 Å². The van der Waals surface area contributed by atoms with Crippen LogP contribution in [0.1, 0.15) is 25.3 Å². The van der Waals surface area contributed by atoms with Gasteiger partial charge in [0.1, 0.15) is 0 Å². The normalized spacial score (nSPS) is 12.7. The molecule has 3 aromatic rings. The Labute approximate surface area is 186 Å². The molecule has 1 heterocycles. The van der Waals surface area contributed by atoms with Crippen LogP contribution in [0.25, 0.3) is 0 Å². The number of nitrogens with zero attached hydrogens (tertiary/aromatic N) is 3. The largest absolute Gasteiger partial charge is 0.392 e. The molecule has 0 aliphatic carbocycles. The second-order valence-electron chi connectivity index (χ2n) is 6.98. The van der Waals surface area contributed by atoms with E-state index in [0.717, 1.165) is 13.0 Å². The van der Waals surface area contributed by atoms with Crippen molar-refractivity contribution in [2.75, 3.05) is 4.31 Å². The summed E-state index contributed by atoms with van der Waals surface area (Å²) in [5.74, 6) is 0. The highest BCUT2D eigenvalue weighted by Crippen LogP contribution is 2.33. The highest BCUT2D eigenvalue weighted by atomic mass is 35.5. The van der Waals surface area contributed by atoms with E-state index in [2.05, 4.69) is 4.98 Å². The third kappa shape index (κ3) is 5.16. The summed E-state index contributed by atoms with van der Waals surface area (Å²) in [6, 6.07) is 10.5. The van der Waals surface area contributed by atoms with E-state index in [1.807, 2.05) is 17.7 Å². The Hall–Kier alpha value is -2.06. The molecular formula is C21H23Cl2N3O3S. The second kappa shape index (κ2) is 9.83. The lowest BCUT2D eigenvalue weighted by atomic mass is 10.1. The maximum absolute atomic E-state index is 13.6. The molecule has 0 saturated carbocycles. The van der Waals surface area contributed by atoms with Crippen LogP contribution in [0.3, 0.4) is 0 Å². The van der Waals surface area contributed by atoms with E-state index < -0.39 is 10.0 Å². The molecule has 1 aromatic heterocycles. The number of rotatable bonds is 9. The van der Waals surface area contributed by atoms with Crippen LogP contribution in [0.5, 0.6) is 0 Å². The molecule has 0 radical (unpaired) electrons. The SMILES string of the molecule is C[C@H](CCCn1ccnc1)N(c1cc(Cl)ccc1CO)S(=O)(=O)c1ccc(Cl)cc1. The number of sulfonamides is 1. The van der Waals surface area contributed by atoms with Gasteiger partial charge in [0.2, 0.25) is 0 Å². The van der Waals surface area contributed by atoms with E-state index in [1.165, 1.54) is 16.4 Å². The number of aromatic nitrogens is 2. The zero-order valence-corrected chi connectivity index (χ0v) is 18.8. The molecule has 1 atom stereocenters. The van der Waals surface area contributed by atoms with Gasteiger partial charge in [-0.25, -0.2) is 13.4 Å². The molecule has 0 saturated heterocycles. The first kappa shape index (κ1) is 22.6. The number of anilines is 1. The van der Waals surface area contributed by atoms with E-state index in [4.69, 9.17) is 23.2 Å². The van der Waals surface area contributed by atoms with E-state index in [0.29, 0.717) is 27.7 Å². The number of halogens is 2. The van der Waals surface area contributed by atoms with Crippen LogP contribution in [0.4, 0.5) is 5.69 Å². The highest BCUT2D eigenvalue weighted by Gasteiger charge is 2.31. The van der Waals surface area contributed by atoms with Crippen molar-refractivity contribution in [2.24, 2.45) is 0 Å². The molecule has 0 amide bonds. The number of hydrogen-bond donors (Lipinski definition) is 1. The number of benzene rings is 2. The van der Waals surface area contributed by atoms with Gasteiger partial charge in [-0.05, 0) is 56.2 Å². The molecule has 0 unspecified atom stereocenters. The first-order valence-corrected chi connectivity index (χ1v) is 11.7. The number of aryl methyl sites for hydroxylation is 1. The van der Waals surface area contributed by atoms with Crippen molar-refractivity contribution >= 4 is 38.9 Å². The molecule has 0 fully saturated rings. The Morgan fingerprint density at radius 1 is 1.13 bits per heavy atom. The lowest BCUT2D eigenvalue weighted by Gasteiger charge is -2.32. The molecule has 0 aliphatic heterocycles. The summed E-state index contributed by atoms with van der Waals surface area (Å²) in [4.78, 5) is 4.15. The summed E-state index contributed by atoms with van der Waals surface area (Å²) < 4.78 is 30.5. The van der Waals surface area contributed by atoms with Gasteiger partial charge in [0.05, 0.1) is 23.5 Å². The molecule has 160 valence electrons. The zero-order chi connectivity index (χ0) is 21.7. The highest BCUT2D eigenvalue weighted by molar-refractivity contribution is 7.92. The monoisotopic (exact) mass is 467 g/mol. The van der Waals surface area contributed by atoms with Crippen LogP contribution >= 0.6 is 23.2 Å². The Morgan fingerprint density at radius 2 is 1.83 bits per heavy atom. The average Bonchev–Trinajstić information content (AvgIpc) is 3.22. The van der Waals surface area contributed by atoms with Crippen LogP contribution in [-0.2, 0) is 23.2 Å². The molecule has 1 N–H and O–H groups in total. The van der Waals surface area contributed by atoms with Crippen molar-refractivity contribution in [1.29, 1.82) is 0 Å². The minimum Gasteiger partial charge on any atom is -0.392 e. The number of aliphatic hydroxyl groups is 1. The standard InChI is InChI=1S/C21H23Cl2N3O3S/c1-16(3-2-11-25-12-10-24-15-25)26(21-13-19(23)5-4-17(21)14-27)30(28,29)20-8-6-18(22)7-9-20/h4-10,12-13,15-16,27H,2-3,11,14H2,1H3/t16-/m1/s1. The van der Waals surface area contributed by atoms with Gasteiger partial charge in [-0.15, -0.1) is 0 Å². The molecule has 6 nitrogen and oxygen atoms in total. The maximum atomic E-state index is 13.6. The van der Waals surface area contributed by atoms with Crippen molar-refractivity contribution in [3.05, 3.63) is 76.8 Å². The van der Waals surface area contributed by atoms with E-state index >= 15 is 0 Å². The van der Waals surface area contributed by atoms with Crippen LogP contribution < -0.4 is 4.31 Å². The van der Waals surface area contributed by atoms with Crippen LogP contribution in [0.15, 0.2) is 66.1 Å². The van der Waals surface area contributed by atoms with Gasteiger partial charge in [-0.1, -0.05) is 29.3 Å². The predicted octanol–water partition coefficient (Wildman–Crippen LogP) is 4.75. The third-order valence-corrected chi connectivity index (χ3v) is 7.25. The average molecular weight is 468 g/mol. The van der Waals surface area contributed by atoms with Crippen LogP contribution in [0, 0.1) is 0 Å². The second-order valence-corrected chi connectivity index (χ2v) is 9.67. The predicted molar refractivity (Wildman–Crippen MR) is 119 cm³/mol. The minimum atomic E-state index is -3.92. The van der Waals surface area contributed by atoms with Gasteiger partial charge in [-0.3, -0.25) is 4.31 Å². The van der Waals surface area contributed by atoms with E-state index in [9.17, 15) is 13.5 Å². The first-order valence-electron chi connectivity index (χ1n) is 9.48. The van der Waals surface area contributed by atoms with Gasteiger partial charge in [0.25, 0.3) is 10.0 Å². The first-order chi connectivity index (χ1) is 14.3. The third-order valence-electron chi connectivity index (χ3n) is 4.82. The molecule has 9 heteroatoms. The summed E-state index contributed by atoms with van der Waals surface area (Å²) in [5.41, 5.74) is 0.855. The van der Waals surface area contributed by atoms with Crippen molar-refractivity contribution in [2.45, 2.75) is 43.9 Å². The molecular weight excluding hydrogens is 445 g/mol. The fourth-order valence-corrected chi connectivity index (χ4v) is 5.31. The summed E-state index contributed by atoms with van der Waals surface area (Å²) in [6.07, 6.45) is 6.66. The number of hydrogen-bond acceptors (Lipinski definition) is 4. The summed E-state index contributed by atoms with van der Waals surface area (Å²) in [5, 5.41) is 10.7. The number of imidazole rings is 1. The lowest BCUT2D eigenvalue weighted by molar-refractivity contribution is 0.282. The Morgan fingerprint density at radius 3 is 2.47 bits per heavy atom. The fourth-order valence-electron chi connectivity index (χ4n) is 3.31. The van der Waals surface area contributed by atoms with Gasteiger partial charge in [0, 0.05) is 40.6 Å². The Balaban J connectivity index is 1.98. The Bertz CT molecular complexity index is 1070. The fraction of sp³-hybridized carbons (Fsp3) is 0.286. The Kier molecular flexibility index (Phi) is 7.41. The van der Waals surface area contributed by atoms with Gasteiger partial charge in [0.15, 0.2) is 0 Å². The smallest absolute Gasteiger partial charge is 0.264 e. The zero-order valence-electron chi connectivity index (χ0n) is 16.4. The maximum Gasteiger partial charge on any atom is 0.264 e. The quantitative estimate of drug-likeness (QED) is 0.492. The van der Waals surface area contributed by atoms with Gasteiger partial charge < -0.3 is 9.67 Å². The minimum absolute atomic E-state index is 0.122.